The van der Waals surface area contributed by atoms with Crippen molar-refractivity contribution in [2.24, 2.45) is 0 Å². The molecule has 1 aromatic carbocycles. The lowest BCUT2D eigenvalue weighted by molar-refractivity contribution is -0.675. The second kappa shape index (κ2) is 7.81. The molecule has 0 saturated heterocycles. The topological polar surface area (TPSA) is 66.5 Å². The Labute approximate surface area is 157 Å². The maximum Gasteiger partial charge on any atom is 0.233 e. The lowest BCUT2D eigenvalue weighted by Crippen LogP contribution is -2.87. The molecule has 0 spiro atoms. The number of thiophene rings is 1. The summed E-state index contributed by atoms with van der Waals surface area (Å²) < 4.78 is 0. The zero-order chi connectivity index (χ0) is 18.7. The van der Waals surface area contributed by atoms with Crippen LogP contribution in [0.3, 0.4) is 0 Å². The normalized spacial score (nSPS) is 12.1. The molecule has 3 aromatic rings. The quantitative estimate of drug-likeness (QED) is 0.628. The number of rotatable bonds is 7. The Bertz CT molecular complexity index is 911. The summed E-state index contributed by atoms with van der Waals surface area (Å²) in [6, 6.07) is 14.4. The molecular weight excluding hydrogens is 344 g/mol. The molecule has 0 radical (unpaired) electrons. The summed E-state index contributed by atoms with van der Waals surface area (Å²) in [5, 5.41) is 4.12. The molecule has 26 heavy (non-hydrogen) atoms. The van der Waals surface area contributed by atoms with Crippen molar-refractivity contribution in [1.82, 2.24) is 4.98 Å². The SMILES string of the molecule is CC(=O)c1c(C)[nH]c(C(=O)C[NH2+][C@H](c2ccccc2)c2cccs2)c1C. The van der Waals surface area contributed by atoms with Crippen LogP contribution in [0.2, 0.25) is 0 Å². The fraction of sp³-hybridized carbons (Fsp3) is 0.238. The van der Waals surface area contributed by atoms with Crippen LogP contribution in [0.1, 0.15) is 55.5 Å². The summed E-state index contributed by atoms with van der Waals surface area (Å²) in [5.74, 6) is -0.00406. The van der Waals surface area contributed by atoms with Gasteiger partial charge in [-0.3, -0.25) is 9.59 Å². The average molecular weight is 367 g/mol. The lowest BCUT2D eigenvalue weighted by atomic mass is 10.0. The second-order valence-electron chi connectivity index (χ2n) is 6.45. The number of aryl methyl sites for hydroxylation is 1. The first-order valence-corrected chi connectivity index (χ1v) is 9.52. The molecule has 0 aliphatic carbocycles. The molecule has 0 unspecified atom stereocenters. The number of hydrogen-bond acceptors (Lipinski definition) is 3. The van der Waals surface area contributed by atoms with E-state index in [0.29, 0.717) is 17.8 Å². The minimum atomic E-state index is -0.0139. The molecule has 0 aliphatic heterocycles. The van der Waals surface area contributed by atoms with Crippen molar-refractivity contribution >= 4 is 22.9 Å². The lowest BCUT2D eigenvalue weighted by Gasteiger charge is -2.14. The van der Waals surface area contributed by atoms with Gasteiger partial charge in [0.15, 0.2) is 5.78 Å². The number of aromatic amines is 1. The first-order chi connectivity index (χ1) is 12.5. The number of nitrogens with one attached hydrogen (secondary N) is 1. The fourth-order valence-electron chi connectivity index (χ4n) is 3.43. The second-order valence-corrected chi connectivity index (χ2v) is 7.43. The van der Waals surface area contributed by atoms with Gasteiger partial charge in [-0.15, -0.1) is 11.3 Å². The van der Waals surface area contributed by atoms with Crippen LogP contribution in [-0.2, 0) is 0 Å². The molecule has 0 fully saturated rings. The van der Waals surface area contributed by atoms with E-state index in [1.807, 2.05) is 38.1 Å². The van der Waals surface area contributed by atoms with Crippen molar-refractivity contribution in [3.8, 4) is 0 Å². The van der Waals surface area contributed by atoms with Crippen molar-refractivity contribution in [3.63, 3.8) is 0 Å². The van der Waals surface area contributed by atoms with Crippen LogP contribution in [0.15, 0.2) is 47.8 Å². The van der Waals surface area contributed by atoms with E-state index in [2.05, 4.69) is 33.9 Å². The number of ketones is 2. The third-order valence-corrected chi connectivity index (χ3v) is 5.57. The average Bonchev–Trinajstić information content (AvgIpc) is 3.24. The maximum absolute atomic E-state index is 12.8. The van der Waals surface area contributed by atoms with E-state index in [1.165, 1.54) is 17.4 Å². The van der Waals surface area contributed by atoms with E-state index in [4.69, 9.17) is 0 Å². The van der Waals surface area contributed by atoms with Gasteiger partial charge in [-0.2, -0.15) is 0 Å². The molecule has 2 heterocycles. The van der Waals surface area contributed by atoms with Crippen LogP contribution < -0.4 is 5.32 Å². The van der Waals surface area contributed by atoms with Gasteiger partial charge in [0, 0.05) is 16.8 Å². The zero-order valence-corrected chi connectivity index (χ0v) is 16.0. The monoisotopic (exact) mass is 367 g/mol. The highest BCUT2D eigenvalue weighted by molar-refractivity contribution is 7.10. The van der Waals surface area contributed by atoms with Crippen LogP contribution in [0, 0.1) is 13.8 Å². The van der Waals surface area contributed by atoms with Gasteiger partial charge in [0.1, 0.15) is 12.6 Å². The van der Waals surface area contributed by atoms with Gasteiger partial charge in [-0.1, -0.05) is 36.4 Å². The van der Waals surface area contributed by atoms with Gasteiger partial charge in [-0.25, -0.2) is 0 Å². The third kappa shape index (κ3) is 3.69. The Hall–Kier alpha value is -2.50. The summed E-state index contributed by atoms with van der Waals surface area (Å²) in [7, 11) is 0. The Balaban J connectivity index is 1.81. The Morgan fingerprint density at radius 2 is 1.85 bits per heavy atom. The smallest absolute Gasteiger partial charge is 0.233 e. The number of aromatic nitrogens is 1. The number of carbonyl (C=O) groups is 2. The van der Waals surface area contributed by atoms with Gasteiger partial charge in [-0.05, 0) is 37.8 Å². The van der Waals surface area contributed by atoms with E-state index >= 15 is 0 Å². The molecule has 3 N–H and O–H groups in total. The van der Waals surface area contributed by atoms with E-state index in [0.717, 1.165) is 11.3 Å². The minimum Gasteiger partial charge on any atom is -0.355 e. The number of hydrogen-bond donors (Lipinski definition) is 2. The zero-order valence-electron chi connectivity index (χ0n) is 15.2. The van der Waals surface area contributed by atoms with Crippen molar-refractivity contribution in [1.29, 1.82) is 0 Å². The van der Waals surface area contributed by atoms with Crippen LogP contribution in [0.25, 0.3) is 0 Å². The highest BCUT2D eigenvalue weighted by atomic mass is 32.1. The molecule has 2 aromatic heterocycles. The van der Waals surface area contributed by atoms with Crippen LogP contribution in [-0.4, -0.2) is 23.1 Å². The Morgan fingerprint density at radius 1 is 1.12 bits per heavy atom. The van der Waals surface area contributed by atoms with Crippen LogP contribution >= 0.6 is 11.3 Å². The van der Waals surface area contributed by atoms with Crippen molar-refractivity contribution in [2.45, 2.75) is 26.8 Å². The van der Waals surface area contributed by atoms with Gasteiger partial charge in [0.05, 0.1) is 10.6 Å². The molecule has 5 heteroatoms. The molecule has 0 saturated carbocycles. The van der Waals surface area contributed by atoms with Crippen LogP contribution in [0.4, 0.5) is 0 Å². The Kier molecular flexibility index (Phi) is 5.49. The number of Topliss-reactive ketones (excluding diaryl/α,β-unsaturated/α-hetero) is 2. The Morgan fingerprint density at radius 3 is 2.42 bits per heavy atom. The molecule has 1 atom stereocenters. The third-order valence-electron chi connectivity index (χ3n) is 4.62. The fourth-order valence-corrected chi connectivity index (χ4v) is 4.28. The van der Waals surface area contributed by atoms with Crippen molar-refractivity contribution < 1.29 is 14.9 Å². The van der Waals surface area contributed by atoms with E-state index < -0.39 is 0 Å². The summed E-state index contributed by atoms with van der Waals surface area (Å²) in [6.45, 7) is 5.52. The van der Waals surface area contributed by atoms with Crippen LogP contribution in [0.5, 0.6) is 0 Å². The largest absolute Gasteiger partial charge is 0.355 e. The molecule has 0 aliphatic rings. The highest BCUT2D eigenvalue weighted by Gasteiger charge is 2.24. The van der Waals surface area contributed by atoms with Gasteiger partial charge < -0.3 is 10.3 Å². The first-order valence-electron chi connectivity index (χ1n) is 8.64. The maximum atomic E-state index is 12.8. The molecule has 0 bridgehead atoms. The molecule has 4 nitrogen and oxygen atoms in total. The van der Waals surface area contributed by atoms with Gasteiger partial charge >= 0.3 is 0 Å². The van der Waals surface area contributed by atoms with Gasteiger partial charge in [0.2, 0.25) is 5.78 Å². The molecule has 134 valence electrons. The van der Waals surface area contributed by atoms with Crippen molar-refractivity contribution in [2.75, 3.05) is 6.54 Å². The standard InChI is InChI=1S/C21H22N2O2S/c1-13-19(15(3)24)14(2)23-20(13)17(25)12-22-21(18-10-7-11-26-18)16-8-5-4-6-9-16/h4-11,21-23H,12H2,1-3H3/p+1/t21-/m1/s1. The number of nitrogens with two attached hydrogens (primary N) is 1. The molecular formula is C21H23N2O2S+. The summed E-state index contributed by atoms with van der Waals surface area (Å²) in [6.07, 6.45) is 0. The summed E-state index contributed by atoms with van der Waals surface area (Å²) in [4.78, 5) is 28.9. The molecule has 3 rings (SSSR count). The summed E-state index contributed by atoms with van der Waals surface area (Å²) >= 11 is 1.69. The van der Waals surface area contributed by atoms with E-state index in [-0.39, 0.29) is 17.6 Å². The van der Waals surface area contributed by atoms with Crippen molar-refractivity contribution in [3.05, 3.63) is 80.8 Å². The summed E-state index contributed by atoms with van der Waals surface area (Å²) in [5.41, 5.74) is 3.86. The highest BCUT2D eigenvalue weighted by Crippen LogP contribution is 2.23. The molecule has 0 amide bonds. The number of H-pyrrole nitrogens is 1. The predicted molar refractivity (Wildman–Crippen MR) is 104 cm³/mol. The number of carbonyl (C=O) groups excluding carboxylic acids is 2. The predicted octanol–water partition coefficient (Wildman–Crippen LogP) is 3.43. The minimum absolute atomic E-state index is 0.00980. The first kappa shape index (κ1) is 18.3. The van der Waals surface area contributed by atoms with E-state index in [1.54, 1.807) is 11.3 Å². The number of quaternary nitrogens is 1. The van der Waals surface area contributed by atoms with E-state index in [9.17, 15) is 9.59 Å². The number of benzene rings is 1. The van der Waals surface area contributed by atoms with Gasteiger partial charge in [0.25, 0.3) is 0 Å².